The van der Waals surface area contributed by atoms with Gasteiger partial charge in [0.2, 0.25) is 0 Å². The molecular weight excluding hydrogens is 389 g/mol. The third-order valence-electron chi connectivity index (χ3n) is 4.37. The lowest BCUT2D eigenvalue weighted by atomic mass is 9.89. The Morgan fingerprint density at radius 2 is 2.00 bits per heavy atom. The minimum atomic E-state index is -0.281. The summed E-state index contributed by atoms with van der Waals surface area (Å²) in [6, 6.07) is 7.99. The summed E-state index contributed by atoms with van der Waals surface area (Å²) in [7, 11) is 1.43. The first-order valence-electron chi connectivity index (χ1n) is 7.77. The average molecular weight is 409 g/mol. The summed E-state index contributed by atoms with van der Waals surface area (Å²) in [6.45, 7) is 0. The van der Waals surface area contributed by atoms with E-state index in [-0.39, 0.29) is 5.97 Å². The maximum Gasteiger partial charge on any atom is 0.340 e. The number of benzene rings is 1. The van der Waals surface area contributed by atoms with Crippen molar-refractivity contribution in [2.24, 2.45) is 5.92 Å². The summed E-state index contributed by atoms with van der Waals surface area (Å²) in [6.07, 6.45) is 10.8. The molecule has 0 bridgehead atoms. The molecule has 0 radical (unpaired) electrons. The number of esters is 1. The Bertz CT molecular complexity index is 711. The van der Waals surface area contributed by atoms with Crippen molar-refractivity contribution < 1.29 is 9.53 Å². The Morgan fingerprint density at radius 1 is 1.27 bits per heavy atom. The highest BCUT2D eigenvalue weighted by molar-refractivity contribution is 14.1. The molecule has 0 atom stereocenters. The van der Waals surface area contributed by atoms with E-state index in [0.717, 1.165) is 14.6 Å². The van der Waals surface area contributed by atoms with Crippen LogP contribution in [-0.2, 0) is 4.74 Å². The summed E-state index contributed by atoms with van der Waals surface area (Å²) < 4.78 is 8.18. The zero-order valence-electron chi connectivity index (χ0n) is 12.7. The SMILES string of the molecule is COC(=O)c1cn(/C(I)=C\C2CCCCC2)c2ccccc12. The Kier molecular flexibility index (Phi) is 4.86. The summed E-state index contributed by atoms with van der Waals surface area (Å²) in [4.78, 5) is 12.0. The van der Waals surface area contributed by atoms with Crippen LogP contribution in [0.15, 0.2) is 36.5 Å². The van der Waals surface area contributed by atoms with E-state index in [9.17, 15) is 4.79 Å². The van der Waals surface area contributed by atoms with Crippen LogP contribution in [-0.4, -0.2) is 17.6 Å². The van der Waals surface area contributed by atoms with Crippen molar-refractivity contribution >= 4 is 43.2 Å². The van der Waals surface area contributed by atoms with Gasteiger partial charge in [0.1, 0.15) is 0 Å². The van der Waals surface area contributed by atoms with Crippen molar-refractivity contribution in [3.05, 3.63) is 42.1 Å². The molecule has 1 aromatic heterocycles. The average Bonchev–Trinajstić information content (AvgIpc) is 2.95. The van der Waals surface area contributed by atoms with Crippen molar-refractivity contribution in [2.45, 2.75) is 32.1 Å². The molecule has 1 aliphatic rings. The predicted molar refractivity (Wildman–Crippen MR) is 98.1 cm³/mol. The van der Waals surface area contributed by atoms with Crippen molar-refractivity contribution in [3.63, 3.8) is 0 Å². The maximum absolute atomic E-state index is 12.0. The van der Waals surface area contributed by atoms with Crippen LogP contribution in [0, 0.1) is 5.92 Å². The minimum absolute atomic E-state index is 0.281. The van der Waals surface area contributed by atoms with Gasteiger partial charge in [0.25, 0.3) is 0 Å². The lowest BCUT2D eigenvalue weighted by Gasteiger charge is -2.19. The number of carbonyl (C=O) groups excluding carboxylic acids is 1. The van der Waals surface area contributed by atoms with Gasteiger partial charge in [0.05, 0.1) is 21.9 Å². The molecule has 1 aromatic carbocycles. The molecule has 3 rings (SSSR count). The summed E-state index contributed by atoms with van der Waals surface area (Å²) >= 11 is 2.38. The van der Waals surface area contributed by atoms with Gasteiger partial charge < -0.3 is 9.30 Å². The summed E-state index contributed by atoms with van der Waals surface area (Å²) in [5.41, 5.74) is 1.68. The largest absolute Gasteiger partial charge is 0.465 e. The highest BCUT2D eigenvalue weighted by atomic mass is 127. The van der Waals surface area contributed by atoms with E-state index in [0.29, 0.717) is 11.5 Å². The molecule has 0 spiro atoms. The number of hydrogen-bond acceptors (Lipinski definition) is 2. The van der Waals surface area contributed by atoms with E-state index in [1.165, 1.54) is 39.2 Å². The van der Waals surface area contributed by atoms with Gasteiger partial charge in [-0.2, -0.15) is 0 Å². The first-order chi connectivity index (χ1) is 10.7. The molecule has 22 heavy (non-hydrogen) atoms. The number of methoxy groups -OCH3 is 1. The van der Waals surface area contributed by atoms with Crippen LogP contribution >= 0.6 is 22.6 Å². The van der Waals surface area contributed by atoms with Crippen molar-refractivity contribution in [1.82, 2.24) is 4.57 Å². The molecule has 0 saturated heterocycles. The third-order valence-corrected chi connectivity index (χ3v) is 5.25. The molecule has 4 heteroatoms. The van der Waals surface area contributed by atoms with Crippen LogP contribution in [0.3, 0.4) is 0 Å². The fraction of sp³-hybridized carbons (Fsp3) is 0.389. The van der Waals surface area contributed by atoms with E-state index in [1.807, 2.05) is 24.4 Å². The Hall–Kier alpha value is -1.30. The first kappa shape index (κ1) is 15.6. The fourth-order valence-electron chi connectivity index (χ4n) is 3.20. The number of rotatable bonds is 3. The zero-order chi connectivity index (χ0) is 15.5. The minimum Gasteiger partial charge on any atom is -0.465 e. The van der Waals surface area contributed by atoms with Crippen LogP contribution in [0.4, 0.5) is 0 Å². The molecule has 0 aliphatic heterocycles. The highest BCUT2D eigenvalue weighted by Crippen LogP contribution is 2.32. The van der Waals surface area contributed by atoms with Crippen LogP contribution in [0.1, 0.15) is 42.5 Å². The van der Waals surface area contributed by atoms with Crippen molar-refractivity contribution in [3.8, 4) is 0 Å². The Morgan fingerprint density at radius 3 is 2.73 bits per heavy atom. The number of para-hydroxylation sites is 1. The molecule has 116 valence electrons. The Labute approximate surface area is 144 Å². The van der Waals surface area contributed by atoms with Crippen LogP contribution in [0.2, 0.25) is 0 Å². The fourth-order valence-corrected chi connectivity index (χ4v) is 4.11. The second-order valence-corrected chi connectivity index (χ2v) is 6.91. The molecule has 1 saturated carbocycles. The quantitative estimate of drug-likeness (QED) is 0.513. The number of fused-ring (bicyclic) bond motifs is 1. The van der Waals surface area contributed by atoms with E-state index < -0.39 is 0 Å². The van der Waals surface area contributed by atoms with Gasteiger partial charge in [-0.05, 0) is 47.4 Å². The topological polar surface area (TPSA) is 31.2 Å². The van der Waals surface area contributed by atoms with Crippen LogP contribution < -0.4 is 0 Å². The Balaban J connectivity index is 2.02. The number of hydrogen-bond donors (Lipinski definition) is 0. The molecule has 3 nitrogen and oxygen atoms in total. The van der Waals surface area contributed by atoms with Crippen LogP contribution in [0.5, 0.6) is 0 Å². The van der Waals surface area contributed by atoms with E-state index >= 15 is 0 Å². The third kappa shape index (κ3) is 3.07. The van der Waals surface area contributed by atoms with Gasteiger partial charge in [-0.15, -0.1) is 0 Å². The number of allylic oxidation sites excluding steroid dienone is 1. The van der Waals surface area contributed by atoms with Crippen molar-refractivity contribution in [2.75, 3.05) is 7.11 Å². The normalized spacial score (nSPS) is 16.9. The molecule has 1 aliphatic carbocycles. The first-order valence-corrected chi connectivity index (χ1v) is 8.84. The zero-order valence-corrected chi connectivity index (χ0v) is 14.9. The van der Waals surface area contributed by atoms with Gasteiger partial charge in [-0.25, -0.2) is 4.79 Å². The molecular formula is C18H20INO2. The molecule has 1 fully saturated rings. The second kappa shape index (κ2) is 6.86. The number of carbonyl (C=O) groups is 1. The van der Waals surface area contributed by atoms with Gasteiger partial charge in [-0.1, -0.05) is 43.5 Å². The number of halogens is 1. The monoisotopic (exact) mass is 409 g/mol. The van der Waals surface area contributed by atoms with Gasteiger partial charge in [0, 0.05) is 11.6 Å². The smallest absolute Gasteiger partial charge is 0.340 e. The van der Waals surface area contributed by atoms with Gasteiger partial charge in [0.15, 0.2) is 0 Å². The maximum atomic E-state index is 12.0. The van der Waals surface area contributed by atoms with Crippen LogP contribution in [0.25, 0.3) is 14.6 Å². The van der Waals surface area contributed by atoms with Gasteiger partial charge in [-0.3, -0.25) is 0 Å². The highest BCUT2D eigenvalue weighted by Gasteiger charge is 2.17. The number of aromatic nitrogens is 1. The van der Waals surface area contributed by atoms with E-state index in [4.69, 9.17) is 4.74 Å². The van der Waals surface area contributed by atoms with Crippen molar-refractivity contribution in [1.29, 1.82) is 0 Å². The van der Waals surface area contributed by atoms with E-state index in [1.54, 1.807) is 0 Å². The molecule has 0 unspecified atom stereocenters. The lowest BCUT2D eigenvalue weighted by molar-refractivity contribution is 0.0603. The predicted octanol–water partition coefficient (Wildman–Crippen LogP) is 5.24. The van der Waals surface area contributed by atoms with E-state index in [2.05, 4.69) is 39.3 Å². The number of ether oxygens (including phenoxy) is 1. The molecule has 0 N–H and O–H groups in total. The van der Waals surface area contributed by atoms with Gasteiger partial charge >= 0.3 is 5.97 Å². The molecule has 1 heterocycles. The summed E-state index contributed by atoms with van der Waals surface area (Å²) in [5, 5.41) is 0.945. The number of nitrogens with zero attached hydrogens (tertiary/aromatic N) is 1. The summed E-state index contributed by atoms with van der Waals surface area (Å²) in [5.74, 6) is 0.375. The molecule has 0 amide bonds. The second-order valence-electron chi connectivity index (χ2n) is 5.81. The molecule has 2 aromatic rings. The standard InChI is InChI=1S/C18H20INO2/c1-22-18(21)15-12-20(16-10-6-5-9-14(15)16)17(19)11-13-7-3-2-4-8-13/h5-6,9-13H,2-4,7-8H2,1H3/b17-11-. The lowest BCUT2D eigenvalue weighted by Crippen LogP contribution is -2.04.